The Balaban J connectivity index is 1.84. The van der Waals surface area contributed by atoms with Crippen LogP contribution in [0.2, 0.25) is 0 Å². The highest BCUT2D eigenvalue weighted by atomic mass is 16.6. The van der Waals surface area contributed by atoms with E-state index in [-0.39, 0.29) is 12.5 Å². The van der Waals surface area contributed by atoms with Crippen LogP contribution in [0.15, 0.2) is 48.5 Å². The van der Waals surface area contributed by atoms with Crippen molar-refractivity contribution >= 4 is 23.7 Å². The third kappa shape index (κ3) is 2.71. The first kappa shape index (κ1) is 19.8. The van der Waals surface area contributed by atoms with Crippen LogP contribution in [0.25, 0.3) is 0 Å². The summed E-state index contributed by atoms with van der Waals surface area (Å²) in [5.74, 6) is -0.536. The van der Waals surface area contributed by atoms with Crippen molar-refractivity contribution in [2.75, 3.05) is 25.7 Å². The molecule has 30 heavy (non-hydrogen) atoms. The highest BCUT2D eigenvalue weighted by Gasteiger charge is 2.80. The van der Waals surface area contributed by atoms with Crippen molar-refractivity contribution in [1.82, 2.24) is 4.90 Å². The number of amides is 2. The second-order valence-electron chi connectivity index (χ2n) is 7.02. The van der Waals surface area contributed by atoms with Gasteiger partial charge in [0.1, 0.15) is 5.75 Å². The molecule has 8 heteroatoms. The zero-order chi connectivity index (χ0) is 21.5. The molecule has 2 aromatic carbocycles. The van der Waals surface area contributed by atoms with Gasteiger partial charge in [-0.25, -0.2) is 9.59 Å². The molecule has 0 N–H and O–H groups in total. The lowest BCUT2D eigenvalue weighted by atomic mass is 9.96. The lowest BCUT2D eigenvalue weighted by molar-refractivity contribution is -0.141. The average Bonchev–Trinajstić information content (AvgIpc) is 3.42. The van der Waals surface area contributed by atoms with E-state index in [1.165, 1.54) is 14.2 Å². The standard InChI is InChI=1S/C22H22N2O6/c1-4-30-21(27)24-18(19(25)29-3)22(24)16-12-15(28-2)10-11-17(16)23(20(22)26)13-14-8-6-5-7-9-14/h5-12,18H,4,13H2,1-3H3. The number of fused-ring (bicyclic) bond motifs is 2. The quantitative estimate of drug-likeness (QED) is 0.556. The fourth-order valence-electron chi connectivity index (χ4n) is 4.16. The molecule has 0 aliphatic carbocycles. The Morgan fingerprint density at radius 1 is 1.10 bits per heavy atom. The van der Waals surface area contributed by atoms with Gasteiger partial charge in [-0.15, -0.1) is 0 Å². The van der Waals surface area contributed by atoms with E-state index >= 15 is 0 Å². The second-order valence-corrected chi connectivity index (χ2v) is 7.02. The van der Waals surface area contributed by atoms with Crippen LogP contribution in [0.1, 0.15) is 18.1 Å². The van der Waals surface area contributed by atoms with Crippen LogP contribution in [0.5, 0.6) is 5.75 Å². The summed E-state index contributed by atoms with van der Waals surface area (Å²) in [6.07, 6.45) is -0.739. The van der Waals surface area contributed by atoms with Crippen molar-refractivity contribution in [3.63, 3.8) is 0 Å². The van der Waals surface area contributed by atoms with E-state index in [4.69, 9.17) is 14.2 Å². The van der Waals surface area contributed by atoms with Gasteiger partial charge in [0.15, 0.2) is 11.6 Å². The highest BCUT2D eigenvalue weighted by molar-refractivity contribution is 6.17. The number of benzene rings is 2. The minimum Gasteiger partial charge on any atom is -0.497 e. The molecule has 1 saturated heterocycles. The van der Waals surface area contributed by atoms with Gasteiger partial charge in [-0.1, -0.05) is 30.3 Å². The van der Waals surface area contributed by atoms with Gasteiger partial charge in [0.25, 0.3) is 5.91 Å². The minimum atomic E-state index is -1.50. The van der Waals surface area contributed by atoms with Gasteiger partial charge in [0.05, 0.1) is 33.1 Å². The maximum Gasteiger partial charge on any atom is 0.411 e. The van der Waals surface area contributed by atoms with Crippen LogP contribution >= 0.6 is 0 Å². The topological polar surface area (TPSA) is 85.2 Å². The summed E-state index contributed by atoms with van der Waals surface area (Å²) in [4.78, 5) is 41.7. The number of anilines is 1. The number of hydrogen-bond donors (Lipinski definition) is 0. The van der Waals surface area contributed by atoms with Gasteiger partial charge in [-0.3, -0.25) is 9.69 Å². The van der Waals surface area contributed by atoms with E-state index < -0.39 is 23.6 Å². The number of carbonyl (C=O) groups is 3. The van der Waals surface area contributed by atoms with Crippen LogP contribution < -0.4 is 9.64 Å². The predicted octanol–water partition coefficient (Wildman–Crippen LogP) is 2.45. The molecule has 0 bridgehead atoms. The summed E-state index contributed by atoms with van der Waals surface area (Å²) >= 11 is 0. The van der Waals surface area contributed by atoms with Crippen LogP contribution in [-0.4, -0.2) is 49.7 Å². The van der Waals surface area contributed by atoms with Crippen molar-refractivity contribution in [2.45, 2.75) is 25.0 Å². The number of hydrogen-bond acceptors (Lipinski definition) is 6. The average molecular weight is 410 g/mol. The zero-order valence-corrected chi connectivity index (χ0v) is 17.0. The third-order valence-electron chi connectivity index (χ3n) is 5.51. The summed E-state index contributed by atoms with van der Waals surface area (Å²) in [7, 11) is 2.74. The Morgan fingerprint density at radius 2 is 1.83 bits per heavy atom. The van der Waals surface area contributed by atoms with Gasteiger partial charge < -0.3 is 19.1 Å². The summed E-state index contributed by atoms with van der Waals surface area (Å²) in [6.45, 7) is 2.08. The van der Waals surface area contributed by atoms with Crippen molar-refractivity contribution in [1.29, 1.82) is 0 Å². The molecule has 0 radical (unpaired) electrons. The summed E-state index contributed by atoms with van der Waals surface area (Å²) in [5, 5.41) is 0. The lowest BCUT2D eigenvalue weighted by Gasteiger charge is -2.18. The Labute approximate surface area is 173 Å². The molecular weight excluding hydrogens is 388 g/mol. The smallest absolute Gasteiger partial charge is 0.411 e. The fraction of sp³-hybridized carbons (Fsp3) is 0.318. The normalized spacial score (nSPS) is 21.4. The molecular formula is C22H22N2O6. The molecule has 2 unspecified atom stereocenters. The van der Waals surface area contributed by atoms with Crippen LogP contribution in [0, 0.1) is 0 Å². The largest absolute Gasteiger partial charge is 0.497 e. The molecule has 1 spiro atoms. The van der Waals surface area contributed by atoms with Crippen LogP contribution in [0.4, 0.5) is 10.5 Å². The molecule has 156 valence electrons. The van der Waals surface area contributed by atoms with Crippen LogP contribution in [-0.2, 0) is 31.1 Å². The third-order valence-corrected chi connectivity index (χ3v) is 5.51. The molecule has 0 saturated carbocycles. The van der Waals surface area contributed by atoms with E-state index in [0.29, 0.717) is 23.5 Å². The minimum absolute atomic E-state index is 0.117. The summed E-state index contributed by atoms with van der Waals surface area (Å²) in [6, 6.07) is 13.6. The number of rotatable bonds is 5. The Kier molecular flexibility index (Phi) is 4.85. The number of carbonyl (C=O) groups excluding carboxylic acids is 3. The monoisotopic (exact) mass is 410 g/mol. The Bertz CT molecular complexity index is 1010. The predicted molar refractivity (Wildman–Crippen MR) is 107 cm³/mol. The Hall–Kier alpha value is -3.55. The maximum atomic E-state index is 13.7. The van der Waals surface area contributed by atoms with Gasteiger partial charge >= 0.3 is 12.1 Å². The van der Waals surface area contributed by atoms with E-state index in [0.717, 1.165) is 10.5 Å². The molecule has 2 aliphatic heterocycles. The molecule has 2 amide bonds. The van der Waals surface area contributed by atoms with E-state index in [1.54, 1.807) is 30.0 Å². The molecule has 2 aromatic rings. The zero-order valence-electron chi connectivity index (χ0n) is 17.0. The van der Waals surface area contributed by atoms with Crippen molar-refractivity contribution < 1.29 is 28.6 Å². The molecule has 8 nitrogen and oxygen atoms in total. The SMILES string of the molecule is CCOC(=O)N1C(C(=O)OC)C12C(=O)N(Cc1ccccc1)c1ccc(OC)cc12. The number of nitrogens with zero attached hydrogens (tertiary/aromatic N) is 2. The summed E-state index contributed by atoms with van der Waals surface area (Å²) < 4.78 is 15.4. The van der Waals surface area contributed by atoms with E-state index in [2.05, 4.69) is 0 Å². The van der Waals surface area contributed by atoms with Crippen molar-refractivity contribution in [3.05, 3.63) is 59.7 Å². The van der Waals surface area contributed by atoms with Gasteiger partial charge in [0.2, 0.25) is 0 Å². The molecule has 4 rings (SSSR count). The molecule has 2 heterocycles. The number of esters is 1. The molecule has 0 aromatic heterocycles. The number of methoxy groups -OCH3 is 2. The first-order valence-corrected chi connectivity index (χ1v) is 9.59. The van der Waals surface area contributed by atoms with E-state index in [1.807, 2.05) is 30.3 Å². The van der Waals surface area contributed by atoms with Crippen molar-refractivity contribution in [3.8, 4) is 5.75 Å². The van der Waals surface area contributed by atoms with Crippen molar-refractivity contribution in [2.24, 2.45) is 0 Å². The molecule has 2 aliphatic rings. The second kappa shape index (κ2) is 7.37. The summed E-state index contributed by atoms with van der Waals surface area (Å²) in [5.41, 5.74) is 0.553. The van der Waals surface area contributed by atoms with E-state index in [9.17, 15) is 14.4 Å². The highest BCUT2D eigenvalue weighted by Crippen LogP contribution is 2.59. The fourth-order valence-corrected chi connectivity index (χ4v) is 4.16. The van der Waals surface area contributed by atoms with Gasteiger partial charge in [-0.2, -0.15) is 0 Å². The van der Waals surface area contributed by atoms with Crippen LogP contribution in [0.3, 0.4) is 0 Å². The molecule has 2 atom stereocenters. The van der Waals surface area contributed by atoms with Gasteiger partial charge in [0, 0.05) is 5.56 Å². The lowest BCUT2D eigenvalue weighted by Crippen LogP contribution is -2.37. The van der Waals surface area contributed by atoms with Gasteiger partial charge in [-0.05, 0) is 30.7 Å². The first-order chi connectivity index (χ1) is 14.5. The molecule has 1 fully saturated rings. The first-order valence-electron chi connectivity index (χ1n) is 9.59. The Morgan fingerprint density at radius 3 is 2.47 bits per heavy atom. The number of ether oxygens (including phenoxy) is 3. The maximum absolute atomic E-state index is 13.7.